The van der Waals surface area contributed by atoms with Crippen molar-refractivity contribution in [3.63, 3.8) is 0 Å². The van der Waals surface area contributed by atoms with E-state index >= 15 is 8.78 Å². The lowest BCUT2D eigenvalue weighted by Gasteiger charge is -2.51. The summed E-state index contributed by atoms with van der Waals surface area (Å²) in [6, 6.07) is 63.8. The van der Waals surface area contributed by atoms with Crippen LogP contribution in [0.25, 0.3) is 22.3 Å². The summed E-state index contributed by atoms with van der Waals surface area (Å²) >= 11 is 0. The minimum absolute atomic E-state index is 0.396. The molecule has 0 aromatic heterocycles. The first-order valence-corrected chi connectivity index (χ1v) is 17.8. The molecule has 0 saturated heterocycles. The van der Waals surface area contributed by atoms with Gasteiger partial charge in [-0.15, -0.1) is 0 Å². The number of para-hydroxylation sites is 2. The molecule has 0 atom stereocenters. The van der Waals surface area contributed by atoms with Crippen LogP contribution in [0.4, 0.5) is 42.9 Å². The second-order valence-electron chi connectivity index (χ2n) is 13.5. The predicted molar refractivity (Wildman–Crippen MR) is 212 cm³/mol. The van der Waals surface area contributed by atoms with E-state index in [0.717, 1.165) is 56.1 Å². The SMILES string of the molecule is Fc1cccc2c1C1(c3ccccc3N(c3ccc(-c4ccccc4)cc3)c3ccccc31)c1c(F)cccc1N2c1ccc(-c2ccccc2)cc1. The Morgan fingerprint density at radius 3 is 1.08 bits per heavy atom. The Hall–Kier alpha value is -6.78. The van der Waals surface area contributed by atoms with E-state index in [1.165, 1.54) is 12.1 Å². The van der Waals surface area contributed by atoms with E-state index in [4.69, 9.17) is 0 Å². The fourth-order valence-corrected chi connectivity index (χ4v) is 8.60. The quantitative estimate of drug-likeness (QED) is 0.182. The second-order valence-corrected chi connectivity index (χ2v) is 13.5. The molecule has 252 valence electrons. The lowest BCUT2D eigenvalue weighted by atomic mass is 9.59. The van der Waals surface area contributed by atoms with Crippen LogP contribution in [0, 0.1) is 11.6 Å². The summed E-state index contributed by atoms with van der Waals surface area (Å²) in [5.74, 6) is -0.792. The van der Waals surface area contributed by atoms with Crippen LogP contribution in [0.5, 0.6) is 0 Å². The van der Waals surface area contributed by atoms with Gasteiger partial charge in [0.1, 0.15) is 11.6 Å². The first-order chi connectivity index (χ1) is 26.1. The lowest BCUT2D eigenvalue weighted by molar-refractivity contribution is 0.545. The first-order valence-electron chi connectivity index (χ1n) is 17.8. The number of fused-ring (bicyclic) bond motifs is 8. The highest BCUT2D eigenvalue weighted by Crippen LogP contribution is 2.64. The Morgan fingerprint density at radius 2 is 0.642 bits per heavy atom. The number of benzene rings is 8. The molecule has 8 aromatic rings. The van der Waals surface area contributed by atoms with Crippen molar-refractivity contribution in [1.82, 2.24) is 0 Å². The van der Waals surface area contributed by atoms with Crippen LogP contribution in [0.15, 0.2) is 194 Å². The van der Waals surface area contributed by atoms with E-state index in [1.807, 2.05) is 102 Å². The molecule has 53 heavy (non-hydrogen) atoms. The van der Waals surface area contributed by atoms with Crippen molar-refractivity contribution in [1.29, 1.82) is 0 Å². The largest absolute Gasteiger partial charge is 0.310 e. The summed E-state index contributed by atoms with van der Waals surface area (Å²) in [6.45, 7) is 0. The third-order valence-corrected chi connectivity index (χ3v) is 10.8. The molecule has 2 heterocycles. The van der Waals surface area contributed by atoms with Crippen molar-refractivity contribution < 1.29 is 8.78 Å². The Balaban J connectivity index is 1.23. The number of halogens is 2. The standard InChI is InChI=1S/C49H32F2N2/c50-41-19-11-23-45-47(41)49(48-42(51)20-12-24-46(48)53(45)38-31-27-36(28-32-38)34-15-5-2-6-16-34)39-17-7-9-21-43(39)52(44-22-10-8-18-40(44)49)37-29-25-35(26-30-37)33-13-3-1-4-14-33/h1-32H. The van der Waals surface area contributed by atoms with Crippen molar-refractivity contribution >= 4 is 34.1 Å². The Kier molecular flexibility index (Phi) is 7.12. The number of hydrogen-bond acceptors (Lipinski definition) is 2. The predicted octanol–water partition coefficient (Wildman–Crippen LogP) is 13.2. The van der Waals surface area contributed by atoms with Crippen LogP contribution in [0.3, 0.4) is 0 Å². The summed E-state index contributed by atoms with van der Waals surface area (Å²) in [7, 11) is 0. The molecule has 0 fully saturated rings. The zero-order valence-corrected chi connectivity index (χ0v) is 28.6. The molecule has 0 bridgehead atoms. The number of nitrogens with zero attached hydrogens (tertiary/aromatic N) is 2. The van der Waals surface area contributed by atoms with Crippen molar-refractivity contribution in [2.75, 3.05) is 9.80 Å². The molecule has 0 amide bonds. The van der Waals surface area contributed by atoms with E-state index in [9.17, 15) is 0 Å². The van der Waals surface area contributed by atoms with Gasteiger partial charge in [0.15, 0.2) is 0 Å². The summed E-state index contributed by atoms with van der Waals surface area (Å²) < 4.78 is 34.3. The van der Waals surface area contributed by atoms with Crippen LogP contribution >= 0.6 is 0 Å². The number of anilines is 6. The molecule has 0 aliphatic carbocycles. The summed E-state index contributed by atoms with van der Waals surface area (Å²) in [5.41, 5.74) is 10.4. The lowest BCUT2D eigenvalue weighted by Crippen LogP contribution is -2.43. The van der Waals surface area contributed by atoms with Gasteiger partial charge in [-0.05, 0) is 94.0 Å². The topological polar surface area (TPSA) is 6.48 Å². The van der Waals surface area contributed by atoms with Gasteiger partial charge >= 0.3 is 0 Å². The highest BCUT2D eigenvalue weighted by Gasteiger charge is 2.54. The third kappa shape index (κ3) is 4.62. The third-order valence-electron chi connectivity index (χ3n) is 10.8. The molecule has 0 N–H and O–H groups in total. The molecule has 4 heteroatoms. The van der Waals surface area contributed by atoms with Gasteiger partial charge in [0.25, 0.3) is 0 Å². The molecule has 1 spiro atoms. The van der Waals surface area contributed by atoms with Crippen molar-refractivity contribution in [3.8, 4) is 22.3 Å². The van der Waals surface area contributed by atoms with E-state index in [-0.39, 0.29) is 0 Å². The van der Waals surface area contributed by atoms with Crippen molar-refractivity contribution in [3.05, 3.63) is 228 Å². The normalized spacial score (nSPS) is 13.5. The Morgan fingerprint density at radius 1 is 0.302 bits per heavy atom. The minimum atomic E-state index is -1.31. The smallest absolute Gasteiger partial charge is 0.130 e. The molecule has 2 aliphatic rings. The molecule has 10 rings (SSSR count). The van der Waals surface area contributed by atoms with Gasteiger partial charge in [-0.2, -0.15) is 0 Å². The van der Waals surface area contributed by atoms with E-state index in [2.05, 4.69) is 77.7 Å². The highest BCUT2D eigenvalue weighted by molar-refractivity contribution is 5.97. The maximum Gasteiger partial charge on any atom is 0.130 e. The van der Waals surface area contributed by atoms with Crippen LogP contribution in [-0.4, -0.2) is 0 Å². The fraction of sp³-hybridized carbons (Fsp3) is 0.0204. The van der Waals surface area contributed by atoms with Crippen molar-refractivity contribution in [2.24, 2.45) is 0 Å². The Labute approximate surface area is 307 Å². The van der Waals surface area contributed by atoms with Crippen LogP contribution in [0.1, 0.15) is 22.3 Å². The van der Waals surface area contributed by atoms with Gasteiger partial charge in [-0.1, -0.05) is 133 Å². The first kappa shape index (κ1) is 31.0. The fourth-order valence-electron chi connectivity index (χ4n) is 8.60. The number of hydrogen-bond donors (Lipinski definition) is 0. The zero-order chi connectivity index (χ0) is 35.5. The summed E-state index contributed by atoms with van der Waals surface area (Å²) in [4.78, 5) is 4.23. The van der Waals surface area contributed by atoms with Gasteiger partial charge in [-0.3, -0.25) is 0 Å². The van der Waals surface area contributed by atoms with Gasteiger partial charge in [0.05, 0.1) is 28.2 Å². The average Bonchev–Trinajstić information content (AvgIpc) is 3.22. The molecule has 0 radical (unpaired) electrons. The van der Waals surface area contributed by atoms with Crippen LogP contribution < -0.4 is 9.80 Å². The van der Waals surface area contributed by atoms with Crippen molar-refractivity contribution in [2.45, 2.75) is 5.41 Å². The maximum atomic E-state index is 17.2. The Bertz CT molecular complexity index is 2530. The number of rotatable bonds is 4. The minimum Gasteiger partial charge on any atom is -0.310 e. The zero-order valence-electron chi connectivity index (χ0n) is 28.6. The monoisotopic (exact) mass is 686 g/mol. The van der Waals surface area contributed by atoms with E-state index < -0.39 is 17.0 Å². The molecule has 0 saturated carbocycles. The van der Waals surface area contributed by atoms with Crippen LogP contribution in [-0.2, 0) is 5.41 Å². The maximum absolute atomic E-state index is 17.2. The summed E-state index contributed by atoms with van der Waals surface area (Å²) in [5, 5.41) is 0. The van der Waals surface area contributed by atoms with E-state index in [0.29, 0.717) is 22.5 Å². The van der Waals surface area contributed by atoms with Gasteiger partial charge in [-0.25, -0.2) is 8.78 Å². The van der Waals surface area contributed by atoms with E-state index in [1.54, 1.807) is 12.1 Å². The average molecular weight is 687 g/mol. The van der Waals surface area contributed by atoms with Gasteiger partial charge in [0, 0.05) is 22.5 Å². The molecule has 2 nitrogen and oxygen atoms in total. The molecular formula is C49H32F2N2. The van der Waals surface area contributed by atoms with Gasteiger partial charge < -0.3 is 9.80 Å². The second kappa shape index (κ2) is 12.2. The highest BCUT2D eigenvalue weighted by atomic mass is 19.1. The summed E-state index contributed by atoms with van der Waals surface area (Å²) in [6.07, 6.45) is 0. The molecular weight excluding hydrogens is 655 g/mol. The molecule has 0 unspecified atom stereocenters. The van der Waals surface area contributed by atoms with Gasteiger partial charge in [0.2, 0.25) is 0 Å². The van der Waals surface area contributed by atoms with Crippen LogP contribution in [0.2, 0.25) is 0 Å². The molecule has 8 aromatic carbocycles. The molecule has 2 aliphatic heterocycles.